The van der Waals surface area contributed by atoms with E-state index in [2.05, 4.69) is 15.0 Å². The number of imidazole rings is 1. The number of esters is 1. The summed E-state index contributed by atoms with van der Waals surface area (Å²) in [5.41, 5.74) is 3.65. The van der Waals surface area contributed by atoms with Crippen molar-refractivity contribution in [2.24, 2.45) is 0 Å². The van der Waals surface area contributed by atoms with Crippen molar-refractivity contribution in [3.63, 3.8) is 0 Å². The normalized spacial score (nSPS) is 10.8. The van der Waals surface area contributed by atoms with Gasteiger partial charge in [-0.05, 0) is 18.2 Å². The number of rotatable bonds is 3. The first kappa shape index (κ1) is 16.2. The van der Waals surface area contributed by atoms with E-state index in [-0.39, 0.29) is 0 Å². The van der Waals surface area contributed by atoms with Crippen molar-refractivity contribution >= 4 is 23.2 Å². The van der Waals surface area contributed by atoms with E-state index in [1.165, 1.54) is 13.4 Å². The van der Waals surface area contributed by atoms with Gasteiger partial charge in [-0.15, -0.1) is 0 Å². The number of hydrogen-bond acceptors (Lipinski definition) is 5. The van der Waals surface area contributed by atoms with Crippen molar-refractivity contribution in [3.05, 3.63) is 71.9 Å². The van der Waals surface area contributed by atoms with Gasteiger partial charge in [0.25, 0.3) is 0 Å². The zero-order chi connectivity index (χ0) is 18.1. The Bertz CT molecular complexity index is 1110. The smallest absolute Gasteiger partial charge is 0.342 e. The fourth-order valence-electron chi connectivity index (χ4n) is 2.92. The van der Waals surface area contributed by atoms with E-state index in [4.69, 9.17) is 16.3 Å². The minimum Gasteiger partial charge on any atom is -0.465 e. The number of carbonyl (C=O) groups excluding carboxylic acids is 1. The molecule has 3 aromatic heterocycles. The third-order valence-electron chi connectivity index (χ3n) is 4.07. The molecule has 0 N–H and O–H groups in total. The summed E-state index contributed by atoms with van der Waals surface area (Å²) in [7, 11) is 1.34. The number of aromatic nitrogens is 4. The van der Waals surface area contributed by atoms with Crippen molar-refractivity contribution in [1.82, 2.24) is 19.4 Å². The van der Waals surface area contributed by atoms with Gasteiger partial charge in [-0.1, -0.05) is 29.8 Å². The van der Waals surface area contributed by atoms with Crippen LogP contribution in [-0.4, -0.2) is 32.4 Å². The largest absolute Gasteiger partial charge is 0.465 e. The van der Waals surface area contributed by atoms with Gasteiger partial charge in [0.05, 0.1) is 18.5 Å². The Hall–Kier alpha value is -3.25. The summed E-state index contributed by atoms with van der Waals surface area (Å²) in [5, 5.41) is 0.530. The zero-order valence-corrected chi connectivity index (χ0v) is 14.5. The molecule has 3 heterocycles. The van der Waals surface area contributed by atoms with Gasteiger partial charge in [-0.2, -0.15) is 0 Å². The van der Waals surface area contributed by atoms with Gasteiger partial charge >= 0.3 is 5.97 Å². The number of carbonyl (C=O) groups is 1. The van der Waals surface area contributed by atoms with Crippen LogP contribution in [0.5, 0.6) is 0 Å². The van der Waals surface area contributed by atoms with Crippen molar-refractivity contribution < 1.29 is 9.53 Å². The first-order chi connectivity index (χ1) is 12.7. The lowest BCUT2D eigenvalue weighted by molar-refractivity contribution is 0.0603. The fourth-order valence-corrected chi connectivity index (χ4v) is 3.15. The van der Waals surface area contributed by atoms with Crippen LogP contribution in [0.1, 0.15) is 10.4 Å². The average molecular weight is 365 g/mol. The summed E-state index contributed by atoms with van der Waals surface area (Å²) in [6.45, 7) is 0. The van der Waals surface area contributed by atoms with Crippen LogP contribution >= 0.6 is 11.6 Å². The maximum Gasteiger partial charge on any atom is 0.342 e. The molecule has 26 heavy (non-hydrogen) atoms. The minimum absolute atomic E-state index is 0.350. The van der Waals surface area contributed by atoms with Gasteiger partial charge in [0.2, 0.25) is 0 Å². The van der Waals surface area contributed by atoms with Crippen molar-refractivity contribution in [2.75, 3.05) is 7.11 Å². The molecule has 4 rings (SSSR count). The molecule has 0 spiro atoms. The molecule has 0 aliphatic carbocycles. The zero-order valence-electron chi connectivity index (χ0n) is 13.8. The Balaban J connectivity index is 2.12. The van der Waals surface area contributed by atoms with E-state index in [9.17, 15) is 4.79 Å². The molecule has 1 aromatic carbocycles. The summed E-state index contributed by atoms with van der Waals surface area (Å²) in [5.74, 6) is -0.481. The number of ether oxygens (including phenoxy) is 1. The van der Waals surface area contributed by atoms with Crippen molar-refractivity contribution in [2.45, 2.75) is 0 Å². The monoisotopic (exact) mass is 364 g/mol. The van der Waals surface area contributed by atoms with Crippen LogP contribution in [0.25, 0.3) is 28.2 Å². The number of hydrogen-bond donors (Lipinski definition) is 0. The molecule has 0 unspecified atom stereocenters. The van der Waals surface area contributed by atoms with Gasteiger partial charge in [-0.25, -0.2) is 19.7 Å². The van der Waals surface area contributed by atoms with Crippen LogP contribution in [0.15, 0.2) is 61.3 Å². The predicted octanol–water partition coefficient (Wildman–Crippen LogP) is 3.90. The third-order valence-corrected chi connectivity index (χ3v) is 4.40. The molecular formula is C19H13ClN4O2. The lowest BCUT2D eigenvalue weighted by Gasteiger charge is -2.14. The first-order valence-corrected chi connectivity index (χ1v) is 8.18. The van der Waals surface area contributed by atoms with Gasteiger partial charge in [-0.3, -0.25) is 4.40 Å². The van der Waals surface area contributed by atoms with E-state index < -0.39 is 5.97 Å². The fraction of sp³-hybridized carbons (Fsp3) is 0.0526. The summed E-state index contributed by atoms with van der Waals surface area (Å²) in [6.07, 6.45) is 6.54. The molecule has 0 fully saturated rings. The molecule has 0 saturated heterocycles. The number of pyridine rings is 1. The maximum absolute atomic E-state index is 12.5. The highest BCUT2D eigenvalue weighted by atomic mass is 35.5. The number of methoxy groups -OCH3 is 1. The van der Waals surface area contributed by atoms with Gasteiger partial charge in [0.1, 0.15) is 11.9 Å². The number of nitrogens with zero attached hydrogens (tertiary/aromatic N) is 4. The quantitative estimate of drug-likeness (QED) is 0.516. The Morgan fingerprint density at radius 1 is 1.12 bits per heavy atom. The highest BCUT2D eigenvalue weighted by molar-refractivity contribution is 6.33. The number of benzene rings is 1. The van der Waals surface area contributed by atoms with Crippen LogP contribution in [0, 0.1) is 0 Å². The summed E-state index contributed by atoms with van der Waals surface area (Å²) in [4.78, 5) is 25.2. The first-order valence-electron chi connectivity index (χ1n) is 7.80. The maximum atomic E-state index is 12.5. The lowest BCUT2D eigenvalue weighted by atomic mass is 9.99. The minimum atomic E-state index is -0.481. The van der Waals surface area contributed by atoms with E-state index in [1.807, 2.05) is 24.3 Å². The molecule has 0 atom stereocenters. The van der Waals surface area contributed by atoms with Crippen molar-refractivity contribution in [1.29, 1.82) is 0 Å². The molecule has 0 saturated carbocycles. The summed E-state index contributed by atoms with van der Waals surface area (Å²) in [6, 6.07) is 11.0. The second-order valence-electron chi connectivity index (χ2n) is 5.51. The average Bonchev–Trinajstić information content (AvgIpc) is 3.17. The van der Waals surface area contributed by atoms with Crippen LogP contribution in [0.3, 0.4) is 0 Å². The topological polar surface area (TPSA) is 69.4 Å². The summed E-state index contributed by atoms with van der Waals surface area (Å²) >= 11 is 6.40. The Morgan fingerprint density at radius 3 is 2.69 bits per heavy atom. The van der Waals surface area contributed by atoms with Gasteiger partial charge in [0, 0.05) is 34.7 Å². The van der Waals surface area contributed by atoms with E-state index in [0.29, 0.717) is 27.5 Å². The lowest BCUT2D eigenvalue weighted by Crippen LogP contribution is -2.09. The molecule has 0 radical (unpaired) electrons. The van der Waals surface area contributed by atoms with Crippen LogP contribution < -0.4 is 0 Å². The van der Waals surface area contributed by atoms with E-state index in [1.54, 1.807) is 35.1 Å². The molecular weight excluding hydrogens is 352 g/mol. The Kier molecular flexibility index (Phi) is 4.10. The predicted molar refractivity (Wildman–Crippen MR) is 98.0 cm³/mol. The highest BCUT2D eigenvalue weighted by Gasteiger charge is 2.23. The molecule has 0 amide bonds. The number of halogens is 1. The van der Waals surface area contributed by atoms with E-state index >= 15 is 0 Å². The highest BCUT2D eigenvalue weighted by Crippen LogP contribution is 2.35. The molecule has 6 nitrogen and oxygen atoms in total. The van der Waals surface area contributed by atoms with Gasteiger partial charge in [0.15, 0.2) is 5.65 Å². The molecule has 0 aliphatic heterocycles. The summed E-state index contributed by atoms with van der Waals surface area (Å²) < 4.78 is 6.80. The van der Waals surface area contributed by atoms with Crippen LogP contribution in [0.2, 0.25) is 5.02 Å². The number of fused-ring (bicyclic) bond motifs is 1. The molecule has 0 bridgehead atoms. The Morgan fingerprint density at radius 2 is 1.96 bits per heavy atom. The molecule has 4 aromatic rings. The van der Waals surface area contributed by atoms with E-state index in [0.717, 1.165) is 11.3 Å². The second-order valence-corrected chi connectivity index (χ2v) is 5.91. The second kappa shape index (κ2) is 6.57. The third kappa shape index (κ3) is 2.60. The standard InChI is InChI=1S/C19H13ClN4O2/c1-26-19(25)17-13(12-4-2-3-5-14(12)20)10-16(15-6-7-21-11-23-15)24-9-8-22-18(17)24/h2-11H,1H3. The SMILES string of the molecule is COC(=O)c1c(-c2ccccc2Cl)cc(-c2ccncn2)n2ccnc12. The Labute approximate surface area is 154 Å². The molecule has 0 aliphatic rings. The molecule has 7 heteroatoms. The van der Waals surface area contributed by atoms with Crippen molar-refractivity contribution in [3.8, 4) is 22.5 Å². The molecule has 128 valence electrons. The van der Waals surface area contributed by atoms with Crippen LogP contribution in [-0.2, 0) is 4.74 Å². The van der Waals surface area contributed by atoms with Crippen LogP contribution in [0.4, 0.5) is 0 Å². The van der Waals surface area contributed by atoms with Gasteiger partial charge < -0.3 is 4.74 Å².